The van der Waals surface area contributed by atoms with Gasteiger partial charge >= 0.3 is 0 Å². The molecule has 3 rings (SSSR count). The Morgan fingerprint density at radius 3 is 2.74 bits per heavy atom. The van der Waals surface area contributed by atoms with E-state index >= 15 is 0 Å². The Labute approximate surface area is 136 Å². The molecule has 0 aliphatic rings. The Kier molecular flexibility index (Phi) is 4.33. The van der Waals surface area contributed by atoms with Crippen LogP contribution in [0.5, 0.6) is 0 Å². The number of nitrogen functional groups attached to an aromatic ring is 1. The van der Waals surface area contributed by atoms with Crippen LogP contribution in [0.15, 0.2) is 40.9 Å². The smallest absolute Gasteiger partial charge is 0.228 e. The zero-order chi connectivity index (χ0) is 16.2. The molecule has 7 nitrogen and oxygen atoms in total. The van der Waals surface area contributed by atoms with Crippen molar-refractivity contribution in [2.75, 3.05) is 5.73 Å². The van der Waals surface area contributed by atoms with Crippen molar-refractivity contribution in [3.05, 3.63) is 58.4 Å². The molecule has 0 aliphatic heterocycles. The van der Waals surface area contributed by atoms with Gasteiger partial charge in [0.15, 0.2) is 0 Å². The van der Waals surface area contributed by atoms with Gasteiger partial charge in [0.25, 0.3) is 0 Å². The Hall–Kier alpha value is -2.74. The Balaban J connectivity index is 1.80. The fourth-order valence-electron chi connectivity index (χ4n) is 2.17. The van der Waals surface area contributed by atoms with Gasteiger partial charge in [-0.1, -0.05) is 46.8 Å². The van der Waals surface area contributed by atoms with Crippen LogP contribution in [0.25, 0.3) is 0 Å². The molecule has 1 aromatic carbocycles. The van der Waals surface area contributed by atoms with Gasteiger partial charge in [0.1, 0.15) is 16.8 Å². The number of hydrogen-bond donors (Lipinski definition) is 2. The lowest BCUT2D eigenvalue weighted by atomic mass is 10.1. The van der Waals surface area contributed by atoms with E-state index in [1.54, 1.807) is 6.07 Å². The predicted octanol–water partition coefficient (Wildman–Crippen LogP) is 1.87. The second kappa shape index (κ2) is 6.57. The molecule has 0 aliphatic carbocycles. The Morgan fingerprint density at radius 2 is 2.13 bits per heavy atom. The molecule has 2 heterocycles. The van der Waals surface area contributed by atoms with E-state index in [4.69, 9.17) is 10.3 Å². The van der Waals surface area contributed by atoms with Gasteiger partial charge in [-0.05, 0) is 12.5 Å². The van der Waals surface area contributed by atoms with Crippen molar-refractivity contribution in [3.63, 3.8) is 0 Å². The molecule has 0 bridgehead atoms. The van der Waals surface area contributed by atoms with Gasteiger partial charge < -0.3 is 15.6 Å². The zero-order valence-corrected chi connectivity index (χ0v) is 13.2. The summed E-state index contributed by atoms with van der Waals surface area (Å²) in [6.07, 6.45) is 0.110. The molecule has 8 heteroatoms. The summed E-state index contributed by atoms with van der Waals surface area (Å²) in [5, 5.41) is 15.6. The SMILES string of the molecule is Cc1cc(CC(=O)NC(c2ccccc2)c2nnc(N)s2)on1. The quantitative estimate of drug-likeness (QED) is 0.740. The van der Waals surface area contributed by atoms with Gasteiger partial charge in [-0.15, -0.1) is 10.2 Å². The molecule has 0 radical (unpaired) electrons. The highest BCUT2D eigenvalue weighted by Gasteiger charge is 2.21. The van der Waals surface area contributed by atoms with E-state index in [1.807, 2.05) is 37.3 Å². The Morgan fingerprint density at radius 1 is 1.35 bits per heavy atom. The topological polar surface area (TPSA) is 107 Å². The third kappa shape index (κ3) is 3.72. The molecule has 118 valence electrons. The molecule has 0 saturated carbocycles. The van der Waals surface area contributed by atoms with E-state index in [0.717, 1.165) is 11.3 Å². The molecule has 3 aromatic rings. The molecular formula is C15H15N5O2S. The predicted molar refractivity (Wildman–Crippen MR) is 85.7 cm³/mol. The number of rotatable bonds is 5. The minimum absolute atomic E-state index is 0.110. The fourth-order valence-corrected chi connectivity index (χ4v) is 2.86. The number of hydrogen-bond acceptors (Lipinski definition) is 7. The summed E-state index contributed by atoms with van der Waals surface area (Å²) in [6.45, 7) is 1.81. The summed E-state index contributed by atoms with van der Waals surface area (Å²) in [5.41, 5.74) is 7.31. The second-order valence-electron chi connectivity index (χ2n) is 5.00. The average molecular weight is 329 g/mol. The van der Waals surface area contributed by atoms with Crippen LogP contribution < -0.4 is 11.1 Å². The highest BCUT2D eigenvalue weighted by atomic mass is 32.1. The van der Waals surface area contributed by atoms with E-state index in [1.165, 1.54) is 11.3 Å². The largest absolute Gasteiger partial charge is 0.374 e. The molecule has 0 spiro atoms. The minimum atomic E-state index is -0.400. The second-order valence-corrected chi connectivity index (χ2v) is 6.04. The number of carbonyl (C=O) groups excluding carboxylic acids is 1. The van der Waals surface area contributed by atoms with E-state index in [-0.39, 0.29) is 12.3 Å². The van der Waals surface area contributed by atoms with Crippen molar-refractivity contribution in [2.45, 2.75) is 19.4 Å². The van der Waals surface area contributed by atoms with Crippen LogP contribution in [0.1, 0.15) is 28.1 Å². The van der Waals surface area contributed by atoms with Gasteiger partial charge in [-0.2, -0.15) is 0 Å². The molecule has 0 fully saturated rings. The minimum Gasteiger partial charge on any atom is -0.374 e. The van der Waals surface area contributed by atoms with Crippen LogP contribution in [0.3, 0.4) is 0 Å². The number of nitrogens with one attached hydrogen (secondary N) is 1. The number of aromatic nitrogens is 3. The van der Waals surface area contributed by atoms with Crippen LogP contribution in [0, 0.1) is 6.92 Å². The van der Waals surface area contributed by atoms with Crippen molar-refractivity contribution >= 4 is 22.4 Å². The third-order valence-corrected chi connectivity index (χ3v) is 3.97. The first-order chi connectivity index (χ1) is 11.1. The Bertz CT molecular complexity index is 799. The van der Waals surface area contributed by atoms with E-state index in [2.05, 4.69) is 20.7 Å². The zero-order valence-electron chi connectivity index (χ0n) is 12.4. The first kappa shape index (κ1) is 15.2. The van der Waals surface area contributed by atoms with Crippen molar-refractivity contribution in [3.8, 4) is 0 Å². The van der Waals surface area contributed by atoms with Crippen LogP contribution in [0.4, 0.5) is 5.13 Å². The molecule has 23 heavy (non-hydrogen) atoms. The van der Waals surface area contributed by atoms with Crippen LogP contribution >= 0.6 is 11.3 Å². The molecule has 0 saturated heterocycles. The number of aryl methyl sites for hydroxylation is 1. The van der Waals surface area contributed by atoms with Crippen LogP contribution in [-0.4, -0.2) is 21.3 Å². The monoisotopic (exact) mass is 329 g/mol. The lowest BCUT2D eigenvalue weighted by Gasteiger charge is -2.16. The average Bonchev–Trinajstić information content (AvgIpc) is 3.14. The number of nitrogens with zero attached hydrogens (tertiary/aromatic N) is 3. The molecule has 1 atom stereocenters. The van der Waals surface area contributed by atoms with Gasteiger partial charge in [-0.3, -0.25) is 4.79 Å². The van der Waals surface area contributed by atoms with Crippen LogP contribution in [0.2, 0.25) is 0 Å². The maximum absolute atomic E-state index is 12.3. The molecule has 1 amide bonds. The maximum Gasteiger partial charge on any atom is 0.228 e. The summed E-state index contributed by atoms with van der Waals surface area (Å²) < 4.78 is 5.08. The first-order valence-corrected chi connectivity index (χ1v) is 7.79. The fraction of sp³-hybridized carbons (Fsp3) is 0.200. The number of carbonyl (C=O) groups is 1. The number of anilines is 1. The van der Waals surface area contributed by atoms with Crippen LogP contribution in [-0.2, 0) is 11.2 Å². The highest BCUT2D eigenvalue weighted by molar-refractivity contribution is 7.15. The first-order valence-electron chi connectivity index (χ1n) is 6.97. The van der Waals surface area contributed by atoms with Crippen molar-refractivity contribution in [2.24, 2.45) is 0 Å². The van der Waals surface area contributed by atoms with Gasteiger partial charge in [0.2, 0.25) is 11.0 Å². The normalized spacial score (nSPS) is 12.0. The van der Waals surface area contributed by atoms with E-state index in [9.17, 15) is 4.79 Å². The molecular weight excluding hydrogens is 314 g/mol. The van der Waals surface area contributed by atoms with E-state index < -0.39 is 6.04 Å². The van der Waals surface area contributed by atoms with Crippen molar-refractivity contribution < 1.29 is 9.32 Å². The summed E-state index contributed by atoms with van der Waals surface area (Å²) in [4.78, 5) is 12.3. The number of nitrogens with two attached hydrogens (primary N) is 1. The molecule has 1 unspecified atom stereocenters. The lowest BCUT2D eigenvalue weighted by molar-refractivity contribution is -0.121. The summed E-state index contributed by atoms with van der Waals surface area (Å²) >= 11 is 1.25. The van der Waals surface area contributed by atoms with E-state index in [0.29, 0.717) is 15.9 Å². The highest BCUT2D eigenvalue weighted by Crippen LogP contribution is 2.26. The third-order valence-electron chi connectivity index (χ3n) is 3.15. The van der Waals surface area contributed by atoms with Gasteiger partial charge in [0, 0.05) is 6.07 Å². The standard InChI is InChI=1S/C15H15N5O2S/c1-9-7-11(22-20-9)8-12(21)17-13(10-5-3-2-4-6-10)14-18-19-15(16)23-14/h2-7,13H,8H2,1H3,(H2,16,19)(H,17,21). The van der Waals surface area contributed by atoms with Crippen molar-refractivity contribution in [1.29, 1.82) is 0 Å². The maximum atomic E-state index is 12.3. The summed E-state index contributed by atoms with van der Waals surface area (Å²) in [5.74, 6) is 0.326. The van der Waals surface area contributed by atoms with Gasteiger partial charge in [0.05, 0.1) is 12.1 Å². The summed E-state index contributed by atoms with van der Waals surface area (Å²) in [6, 6.07) is 10.9. The molecule has 2 aromatic heterocycles. The number of amides is 1. The number of benzene rings is 1. The lowest BCUT2D eigenvalue weighted by Crippen LogP contribution is -2.30. The summed E-state index contributed by atoms with van der Waals surface area (Å²) in [7, 11) is 0. The van der Waals surface area contributed by atoms with Gasteiger partial charge in [-0.25, -0.2) is 0 Å². The molecule has 3 N–H and O–H groups in total. The van der Waals surface area contributed by atoms with Crippen molar-refractivity contribution in [1.82, 2.24) is 20.7 Å².